The average Bonchev–Trinajstić information content (AvgIpc) is 2.47. The fourth-order valence-electron chi connectivity index (χ4n) is 1.97. The molecular formula is C15H12NO6+. The lowest BCUT2D eigenvalue weighted by Gasteiger charge is -2.04. The number of benzene rings is 1. The number of rotatable bonds is 5. The van der Waals surface area contributed by atoms with E-state index in [9.17, 15) is 14.4 Å². The van der Waals surface area contributed by atoms with E-state index >= 15 is 0 Å². The summed E-state index contributed by atoms with van der Waals surface area (Å²) in [6.07, 6.45) is 3.10. The Hall–Kier alpha value is -3.22. The average molecular weight is 302 g/mol. The molecule has 22 heavy (non-hydrogen) atoms. The predicted molar refractivity (Wildman–Crippen MR) is 73.1 cm³/mol. The molecule has 7 heteroatoms. The van der Waals surface area contributed by atoms with Gasteiger partial charge in [-0.15, -0.1) is 0 Å². The molecule has 0 unspecified atom stereocenters. The SMILES string of the molecule is O=C(O)c1cc[n+](Cc2ccc(C(=O)O)c(C(=O)O)c2)cc1. The second kappa shape index (κ2) is 6.04. The molecule has 1 aromatic heterocycles. The molecular weight excluding hydrogens is 290 g/mol. The minimum atomic E-state index is -1.31. The Labute approximate surface area is 124 Å². The molecule has 0 bridgehead atoms. The van der Waals surface area contributed by atoms with Crippen molar-refractivity contribution in [1.82, 2.24) is 0 Å². The number of carbonyl (C=O) groups is 3. The van der Waals surface area contributed by atoms with Gasteiger partial charge in [0.2, 0.25) is 0 Å². The van der Waals surface area contributed by atoms with Crippen molar-refractivity contribution >= 4 is 17.9 Å². The van der Waals surface area contributed by atoms with Gasteiger partial charge in [0, 0.05) is 17.7 Å². The summed E-state index contributed by atoms with van der Waals surface area (Å²) in [4.78, 5) is 32.8. The van der Waals surface area contributed by atoms with Crippen molar-refractivity contribution in [1.29, 1.82) is 0 Å². The molecule has 0 atom stereocenters. The van der Waals surface area contributed by atoms with Crippen molar-refractivity contribution in [3.05, 3.63) is 65.0 Å². The van der Waals surface area contributed by atoms with Crippen molar-refractivity contribution in [2.24, 2.45) is 0 Å². The van der Waals surface area contributed by atoms with E-state index in [4.69, 9.17) is 15.3 Å². The number of aromatic carboxylic acids is 3. The van der Waals surface area contributed by atoms with Crippen LogP contribution in [-0.2, 0) is 6.54 Å². The van der Waals surface area contributed by atoms with Gasteiger partial charge in [-0.3, -0.25) is 0 Å². The highest BCUT2D eigenvalue weighted by atomic mass is 16.4. The zero-order valence-electron chi connectivity index (χ0n) is 11.3. The number of hydrogen-bond acceptors (Lipinski definition) is 3. The first-order valence-electron chi connectivity index (χ1n) is 6.20. The molecule has 0 radical (unpaired) electrons. The van der Waals surface area contributed by atoms with Crippen molar-refractivity contribution in [2.75, 3.05) is 0 Å². The molecule has 0 aliphatic heterocycles. The number of pyridine rings is 1. The van der Waals surface area contributed by atoms with Crippen LogP contribution in [-0.4, -0.2) is 33.2 Å². The van der Waals surface area contributed by atoms with E-state index in [1.54, 1.807) is 17.0 Å². The van der Waals surface area contributed by atoms with E-state index in [-0.39, 0.29) is 16.7 Å². The molecule has 1 aromatic carbocycles. The Morgan fingerprint density at radius 3 is 1.91 bits per heavy atom. The van der Waals surface area contributed by atoms with Gasteiger partial charge < -0.3 is 15.3 Å². The lowest BCUT2D eigenvalue weighted by Crippen LogP contribution is -2.33. The maximum atomic E-state index is 11.1. The van der Waals surface area contributed by atoms with Gasteiger partial charge in [-0.2, -0.15) is 0 Å². The lowest BCUT2D eigenvalue weighted by molar-refractivity contribution is -0.688. The zero-order valence-corrected chi connectivity index (χ0v) is 11.3. The Kier molecular flexibility index (Phi) is 4.17. The van der Waals surface area contributed by atoms with Crippen LogP contribution in [0.4, 0.5) is 0 Å². The summed E-state index contributed by atoms with van der Waals surface area (Å²) in [6.45, 7) is 0.292. The van der Waals surface area contributed by atoms with Gasteiger partial charge in [0.1, 0.15) is 0 Å². The molecule has 7 nitrogen and oxygen atoms in total. The highest BCUT2D eigenvalue weighted by molar-refractivity contribution is 6.01. The topological polar surface area (TPSA) is 116 Å². The molecule has 112 valence electrons. The van der Waals surface area contributed by atoms with Crippen LogP contribution in [0.5, 0.6) is 0 Å². The van der Waals surface area contributed by atoms with Crippen LogP contribution in [0, 0.1) is 0 Å². The third-order valence-electron chi connectivity index (χ3n) is 3.05. The highest BCUT2D eigenvalue weighted by Crippen LogP contribution is 2.12. The van der Waals surface area contributed by atoms with Crippen molar-refractivity contribution in [3.8, 4) is 0 Å². The standard InChI is InChI=1S/C15H11NO6/c17-13(18)10-3-5-16(6-4-10)8-9-1-2-11(14(19)20)12(7-9)15(21)22/h1-7H,8H2,(H2-,17,18,19,20,21,22)/p+1. The van der Waals surface area contributed by atoms with Crippen LogP contribution in [0.3, 0.4) is 0 Å². The molecule has 0 amide bonds. The lowest BCUT2D eigenvalue weighted by atomic mass is 10.0. The van der Waals surface area contributed by atoms with Gasteiger partial charge in [-0.1, -0.05) is 6.07 Å². The molecule has 0 aliphatic carbocycles. The fourth-order valence-corrected chi connectivity index (χ4v) is 1.97. The van der Waals surface area contributed by atoms with Crippen molar-refractivity contribution in [2.45, 2.75) is 6.54 Å². The van der Waals surface area contributed by atoms with Crippen LogP contribution >= 0.6 is 0 Å². The highest BCUT2D eigenvalue weighted by Gasteiger charge is 2.17. The van der Waals surface area contributed by atoms with E-state index < -0.39 is 17.9 Å². The smallest absolute Gasteiger partial charge is 0.336 e. The van der Waals surface area contributed by atoms with Gasteiger partial charge >= 0.3 is 17.9 Å². The minimum Gasteiger partial charge on any atom is -0.478 e. The van der Waals surface area contributed by atoms with Crippen LogP contribution in [0.2, 0.25) is 0 Å². The van der Waals surface area contributed by atoms with Gasteiger partial charge in [0.05, 0.1) is 16.7 Å². The van der Waals surface area contributed by atoms with Gasteiger partial charge in [0.15, 0.2) is 18.9 Å². The van der Waals surface area contributed by atoms with Gasteiger partial charge in [-0.25, -0.2) is 19.0 Å². The summed E-state index contributed by atoms with van der Waals surface area (Å²) in [6, 6.07) is 6.91. The third-order valence-corrected chi connectivity index (χ3v) is 3.05. The summed E-state index contributed by atoms with van der Waals surface area (Å²) < 4.78 is 1.66. The second-order valence-electron chi connectivity index (χ2n) is 4.55. The van der Waals surface area contributed by atoms with Crippen molar-refractivity contribution < 1.29 is 34.3 Å². The van der Waals surface area contributed by atoms with Crippen LogP contribution in [0.25, 0.3) is 0 Å². The second-order valence-corrected chi connectivity index (χ2v) is 4.55. The normalized spacial score (nSPS) is 10.2. The number of hydrogen-bond donors (Lipinski definition) is 3. The van der Waals surface area contributed by atoms with Crippen molar-refractivity contribution in [3.63, 3.8) is 0 Å². The Bertz CT molecular complexity index is 751. The summed E-state index contributed by atoms with van der Waals surface area (Å²) in [7, 11) is 0. The Morgan fingerprint density at radius 1 is 0.818 bits per heavy atom. The van der Waals surface area contributed by atoms with Crippen LogP contribution in [0.1, 0.15) is 36.6 Å². The quantitative estimate of drug-likeness (QED) is 0.713. The van der Waals surface area contributed by atoms with E-state index in [0.29, 0.717) is 12.1 Å². The number of carboxylic acids is 3. The maximum Gasteiger partial charge on any atom is 0.336 e. The molecule has 0 saturated carbocycles. The van der Waals surface area contributed by atoms with E-state index in [1.165, 1.54) is 30.3 Å². The summed E-state index contributed by atoms with van der Waals surface area (Å²) >= 11 is 0. The Balaban J connectivity index is 2.30. The number of aromatic nitrogens is 1. The minimum absolute atomic E-state index is 0.142. The molecule has 2 aromatic rings. The number of carboxylic acid groups (broad SMARTS) is 3. The largest absolute Gasteiger partial charge is 0.478 e. The van der Waals surface area contributed by atoms with E-state index in [0.717, 1.165) is 0 Å². The molecule has 0 fully saturated rings. The first kappa shape index (κ1) is 15.2. The number of nitrogens with zero attached hydrogens (tertiary/aromatic N) is 1. The third kappa shape index (κ3) is 3.26. The first-order valence-corrected chi connectivity index (χ1v) is 6.20. The molecule has 0 saturated heterocycles. The summed E-state index contributed by atoms with van der Waals surface area (Å²) in [5, 5.41) is 26.8. The maximum absolute atomic E-state index is 11.1. The van der Waals surface area contributed by atoms with Gasteiger partial charge in [-0.05, 0) is 12.1 Å². The van der Waals surface area contributed by atoms with Gasteiger partial charge in [0.25, 0.3) is 0 Å². The molecule has 2 rings (SSSR count). The monoisotopic (exact) mass is 302 g/mol. The fraction of sp³-hybridized carbons (Fsp3) is 0.0667. The van der Waals surface area contributed by atoms with Crippen LogP contribution < -0.4 is 4.57 Å². The zero-order chi connectivity index (χ0) is 16.3. The van der Waals surface area contributed by atoms with Crippen LogP contribution in [0.15, 0.2) is 42.7 Å². The molecule has 0 spiro atoms. The van der Waals surface area contributed by atoms with E-state index in [1.807, 2.05) is 0 Å². The summed E-state index contributed by atoms with van der Waals surface area (Å²) in [5.74, 6) is -3.65. The Morgan fingerprint density at radius 2 is 1.41 bits per heavy atom. The molecule has 0 aliphatic rings. The first-order chi connectivity index (χ1) is 10.4. The van der Waals surface area contributed by atoms with E-state index in [2.05, 4.69) is 0 Å². The molecule has 3 N–H and O–H groups in total. The summed E-state index contributed by atoms with van der Waals surface area (Å²) in [5.41, 5.74) is 0.175. The molecule has 1 heterocycles. The predicted octanol–water partition coefficient (Wildman–Crippen LogP) is 1.12.